The lowest BCUT2D eigenvalue weighted by molar-refractivity contribution is -0.148. The van der Waals surface area contributed by atoms with E-state index in [1.807, 2.05) is 43.0 Å². The molecular weight excluding hydrogens is 382 g/mol. The molecule has 2 heterocycles. The SMILES string of the molecule is COc1ccc(CCNC(=O)CN2CCC(C(=O)N3CC(C)OC(C)C3)CC2)cc1. The van der Waals surface area contributed by atoms with Gasteiger partial charge in [0, 0.05) is 25.6 Å². The summed E-state index contributed by atoms with van der Waals surface area (Å²) in [6.07, 6.45) is 2.62. The molecule has 0 radical (unpaired) electrons. The van der Waals surface area contributed by atoms with Gasteiger partial charge >= 0.3 is 0 Å². The van der Waals surface area contributed by atoms with Crippen molar-refractivity contribution in [2.75, 3.05) is 46.4 Å². The number of hydrogen-bond donors (Lipinski definition) is 1. The predicted molar refractivity (Wildman–Crippen MR) is 115 cm³/mol. The van der Waals surface area contributed by atoms with E-state index in [0.717, 1.165) is 38.1 Å². The number of carbonyl (C=O) groups is 2. The van der Waals surface area contributed by atoms with Crippen molar-refractivity contribution in [2.24, 2.45) is 5.92 Å². The number of amides is 2. The number of likely N-dealkylation sites (tertiary alicyclic amines) is 1. The number of carbonyl (C=O) groups excluding carboxylic acids is 2. The summed E-state index contributed by atoms with van der Waals surface area (Å²) >= 11 is 0. The van der Waals surface area contributed by atoms with Crippen molar-refractivity contribution in [3.63, 3.8) is 0 Å². The molecular formula is C23H35N3O4. The molecule has 7 nitrogen and oxygen atoms in total. The van der Waals surface area contributed by atoms with Crippen LogP contribution in [0.2, 0.25) is 0 Å². The number of ether oxygens (including phenoxy) is 2. The normalized spacial score (nSPS) is 23.2. The van der Waals surface area contributed by atoms with Crippen LogP contribution >= 0.6 is 0 Å². The molecule has 2 amide bonds. The predicted octanol–water partition coefficient (Wildman–Crippen LogP) is 1.70. The Morgan fingerprint density at radius 3 is 2.33 bits per heavy atom. The average molecular weight is 418 g/mol. The second-order valence-electron chi connectivity index (χ2n) is 8.50. The molecule has 2 unspecified atom stereocenters. The summed E-state index contributed by atoms with van der Waals surface area (Å²) in [5, 5.41) is 3.00. The first kappa shape index (κ1) is 22.6. The van der Waals surface area contributed by atoms with Crippen LogP contribution in [-0.4, -0.2) is 80.2 Å². The topological polar surface area (TPSA) is 71.1 Å². The Morgan fingerprint density at radius 2 is 1.73 bits per heavy atom. The van der Waals surface area contributed by atoms with Crippen molar-refractivity contribution < 1.29 is 19.1 Å². The second-order valence-corrected chi connectivity index (χ2v) is 8.50. The van der Waals surface area contributed by atoms with E-state index in [1.165, 1.54) is 5.56 Å². The monoisotopic (exact) mass is 417 g/mol. The molecule has 1 aromatic carbocycles. The van der Waals surface area contributed by atoms with E-state index >= 15 is 0 Å². The van der Waals surface area contributed by atoms with Crippen LogP contribution < -0.4 is 10.1 Å². The van der Waals surface area contributed by atoms with Gasteiger partial charge in [-0.25, -0.2) is 0 Å². The van der Waals surface area contributed by atoms with E-state index in [4.69, 9.17) is 9.47 Å². The summed E-state index contributed by atoms with van der Waals surface area (Å²) in [6, 6.07) is 7.90. The molecule has 0 aromatic heterocycles. The minimum Gasteiger partial charge on any atom is -0.497 e. The van der Waals surface area contributed by atoms with Gasteiger partial charge in [-0.05, 0) is 63.9 Å². The van der Waals surface area contributed by atoms with Crippen molar-refractivity contribution in [3.05, 3.63) is 29.8 Å². The maximum absolute atomic E-state index is 12.9. The van der Waals surface area contributed by atoms with Gasteiger partial charge in [0.05, 0.1) is 25.9 Å². The van der Waals surface area contributed by atoms with E-state index < -0.39 is 0 Å². The van der Waals surface area contributed by atoms with Crippen LogP contribution in [-0.2, 0) is 20.7 Å². The first-order chi connectivity index (χ1) is 14.4. The molecule has 30 heavy (non-hydrogen) atoms. The number of rotatable bonds is 7. The third-order valence-corrected chi connectivity index (χ3v) is 5.93. The molecule has 1 N–H and O–H groups in total. The molecule has 2 atom stereocenters. The fourth-order valence-corrected chi connectivity index (χ4v) is 4.35. The Hall–Kier alpha value is -2.12. The molecule has 2 saturated heterocycles. The van der Waals surface area contributed by atoms with Crippen LogP contribution in [0.5, 0.6) is 5.75 Å². The Morgan fingerprint density at radius 1 is 1.10 bits per heavy atom. The van der Waals surface area contributed by atoms with Crippen LogP contribution in [0.25, 0.3) is 0 Å². The molecule has 0 spiro atoms. The smallest absolute Gasteiger partial charge is 0.234 e. The quantitative estimate of drug-likeness (QED) is 0.731. The molecule has 0 aliphatic carbocycles. The zero-order chi connectivity index (χ0) is 21.5. The van der Waals surface area contributed by atoms with Gasteiger partial charge in [0.1, 0.15) is 5.75 Å². The molecule has 2 aliphatic rings. The fraction of sp³-hybridized carbons (Fsp3) is 0.652. The standard InChI is InChI=1S/C23H35N3O4/c1-17-14-26(15-18(2)30-17)23(28)20-9-12-25(13-10-20)16-22(27)24-11-8-19-4-6-21(29-3)7-5-19/h4-7,17-18,20H,8-16H2,1-3H3,(H,24,27). The first-order valence-electron chi connectivity index (χ1n) is 11.0. The van der Waals surface area contributed by atoms with E-state index in [0.29, 0.717) is 26.2 Å². The summed E-state index contributed by atoms with van der Waals surface area (Å²) < 4.78 is 10.9. The van der Waals surface area contributed by atoms with Crippen molar-refractivity contribution in [1.29, 1.82) is 0 Å². The molecule has 2 aliphatic heterocycles. The minimum absolute atomic E-state index is 0.0455. The summed E-state index contributed by atoms with van der Waals surface area (Å²) in [5.41, 5.74) is 1.17. The maximum Gasteiger partial charge on any atom is 0.234 e. The summed E-state index contributed by atoms with van der Waals surface area (Å²) in [6.45, 7) is 8.00. The third kappa shape index (κ3) is 6.44. The lowest BCUT2D eigenvalue weighted by Crippen LogP contribution is -2.52. The Balaban J connectivity index is 1.34. The van der Waals surface area contributed by atoms with Gasteiger partial charge in [0.25, 0.3) is 0 Å². The largest absolute Gasteiger partial charge is 0.497 e. The van der Waals surface area contributed by atoms with Crippen LogP contribution in [0, 0.1) is 5.92 Å². The number of benzene rings is 1. The van der Waals surface area contributed by atoms with Gasteiger partial charge in [-0.15, -0.1) is 0 Å². The molecule has 7 heteroatoms. The van der Waals surface area contributed by atoms with E-state index in [1.54, 1.807) is 7.11 Å². The van der Waals surface area contributed by atoms with E-state index in [2.05, 4.69) is 10.2 Å². The van der Waals surface area contributed by atoms with Gasteiger partial charge < -0.3 is 19.7 Å². The number of nitrogens with zero attached hydrogens (tertiary/aromatic N) is 2. The van der Waals surface area contributed by atoms with Crippen molar-refractivity contribution in [3.8, 4) is 5.75 Å². The molecule has 1 aromatic rings. The fourth-order valence-electron chi connectivity index (χ4n) is 4.35. The highest BCUT2D eigenvalue weighted by atomic mass is 16.5. The maximum atomic E-state index is 12.9. The van der Waals surface area contributed by atoms with Gasteiger partial charge in [-0.2, -0.15) is 0 Å². The minimum atomic E-state index is 0.0455. The molecule has 3 rings (SSSR count). The number of piperidine rings is 1. The third-order valence-electron chi connectivity index (χ3n) is 5.93. The highest BCUT2D eigenvalue weighted by Crippen LogP contribution is 2.22. The number of methoxy groups -OCH3 is 1. The first-order valence-corrected chi connectivity index (χ1v) is 11.0. The van der Waals surface area contributed by atoms with Gasteiger partial charge in [-0.3, -0.25) is 14.5 Å². The van der Waals surface area contributed by atoms with Crippen LogP contribution in [0.4, 0.5) is 0 Å². The highest BCUT2D eigenvalue weighted by molar-refractivity contribution is 5.79. The van der Waals surface area contributed by atoms with Gasteiger partial charge in [0.2, 0.25) is 11.8 Å². The average Bonchev–Trinajstić information content (AvgIpc) is 2.73. The van der Waals surface area contributed by atoms with E-state index in [9.17, 15) is 9.59 Å². The lowest BCUT2D eigenvalue weighted by Gasteiger charge is -2.39. The second kappa shape index (κ2) is 10.8. The van der Waals surface area contributed by atoms with E-state index in [-0.39, 0.29) is 29.9 Å². The van der Waals surface area contributed by atoms with Crippen molar-refractivity contribution >= 4 is 11.8 Å². The van der Waals surface area contributed by atoms with Gasteiger partial charge in [-0.1, -0.05) is 12.1 Å². The molecule has 166 valence electrons. The lowest BCUT2D eigenvalue weighted by atomic mass is 9.94. The zero-order valence-corrected chi connectivity index (χ0v) is 18.4. The Labute approximate surface area is 179 Å². The molecule has 0 saturated carbocycles. The summed E-state index contributed by atoms with van der Waals surface area (Å²) in [5.74, 6) is 1.20. The molecule has 0 bridgehead atoms. The number of nitrogens with one attached hydrogen (secondary N) is 1. The van der Waals surface area contributed by atoms with Crippen LogP contribution in [0.3, 0.4) is 0 Å². The van der Waals surface area contributed by atoms with Crippen LogP contribution in [0.1, 0.15) is 32.3 Å². The Bertz CT molecular complexity index is 691. The zero-order valence-electron chi connectivity index (χ0n) is 18.4. The van der Waals surface area contributed by atoms with Gasteiger partial charge in [0.15, 0.2) is 0 Å². The number of hydrogen-bond acceptors (Lipinski definition) is 5. The summed E-state index contributed by atoms with van der Waals surface area (Å²) in [4.78, 5) is 29.2. The van der Waals surface area contributed by atoms with Crippen LogP contribution in [0.15, 0.2) is 24.3 Å². The van der Waals surface area contributed by atoms with Crippen molar-refractivity contribution in [1.82, 2.24) is 15.1 Å². The summed E-state index contributed by atoms with van der Waals surface area (Å²) in [7, 11) is 1.65. The van der Waals surface area contributed by atoms with Crippen molar-refractivity contribution in [2.45, 2.75) is 45.3 Å². The highest BCUT2D eigenvalue weighted by Gasteiger charge is 2.32. The Kier molecular flexibility index (Phi) is 8.10. The number of morpholine rings is 1. The molecule has 2 fully saturated rings.